The number of carbonyl (C=O) groups excluding carboxylic acids is 1. The molecule has 0 saturated heterocycles. The largest absolute Gasteiger partial charge is 0.480 e. The quantitative estimate of drug-likeness (QED) is 0.826. The summed E-state index contributed by atoms with van der Waals surface area (Å²) in [6.45, 7) is 2.33. The number of nitrogens with one attached hydrogen (secondary N) is 1. The predicted octanol–water partition coefficient (Wildman–Crippen LogP) is 2.08. The summed E-state index contributed by atoms with van der Waals surface area (Å²) in [5, 5.41) is 11.5. The fraction of sp³-hybridized carbons (Fsp3) is 0.429. The number of rotatable bonds is 6. The number of urea groups is 1. The third-order valence-corrected chi connectivity index (χ3v) is 2.78. The van der Waals surface area contributed by atoms with Crippen LogP contribution in [0, 0.1) is 0 Å². The van der Waals surface area contributed by atoms with Crippen molar-refractivity contribution in [3.8, 4) is 0 Å². The molecule has 0 heterocycles. The van der Waals surface area contributed by atoms with Crippen molar-refractivity contribution in [2.24, 2.45) is 0 Å². The van der Waals surface area contributed by atoms with Crippen LogP contribution in [-0.4, -0.2) is 35.1 Å². The average molecular weight is 264 g/mol. The Kier molecular flexibility index (Phi) is 5.85. The van der Waals surface area contributed by atoms with E-state index >= 15 is 0 Å². The van der Waals surface area contributed by atoms with Crippen LogP contribution in [0.4, 0.5) is 4.79 Å². The molecular weight excluding hydrogens is 244 g/mol. The van der Waals surface area contributed by atoms with E-state index in [1.807, 2.05) is 37.3 Å². The van der Waals surface area contributed by atoms with Gasteiger partial charge in [0.05, 0.1) is 0 Å². The molecule has 0 aliphatic carbocycles. The number of carboxylic acid groups (broad SMARTS) is 1. The van der Waals surface area contributed by atoms with Crippen molar-refractivity contribution >= 4 is 12.0 Å². The van der Waals surface area contributed by atoms with Gasteiger partial charge in [0.25, 0.3) is 0 Å². The third kappa shape index (κ3) is 4.99. The fourth-order valence-electron chi connectivity index (χ4n) is 1.73. The summed E-state index contributed by atoms with van der Waals surface area (Å²) in [6.07, 6.45) is 1.14. The topological polar surface area (TPSA) is 69.6 Å². The van der Waals surface area contributed by atoms with Gasteiger partial charge in [0.2, 0.25) is 0 Å². The van der Waals surface area contributed by atoms with E-state index in [-0.39, 0.29) is 6.03 Å². The van der Waals surface area contributed by atoms with Crippen LogP contribution in [0.1, 0.15) is 25.3 Å². The van der Waals surface area contributed by atoms with Gasteiger partial charge in [0.15, 0.2) is 0 Å². The van der Waals surface area contributed by atoms with Crippen LogP contribution in [0.25, 0.3) is 0 Å². The van der Waals surface area contributed by atoms with Crippen LogP contribution >= 0.6 is 0 Å². The highest BCUT2D eigenvalue weighted by Crippen LogP contribution is 2.04. The Morgan fingerprint density at radius 1 is 1.32 bits per heavy atom. The first kappa shape index (κ1) is 15.0. The van der Waals surface area contributed by atoms with E-state index < -0.39 is 12.0 Å². The second-order valence-corrected chi connectivity index (χ2v) is 4.47. The van der Waals surface area contributed by atoms with Gasteiger partial charge < -0.3 is 15.3 Å². The standard InChI is InChI=1S/C14H20N2O3/c1-3-7-12(13(17)18)15-14(19)16(2)10-11-8-5-4-6-9-11/h4-6,8-9,12H,3,7,10H2,1-2H3,(H,15,19)(H,17,18)/t12-/m1/s1. The molecule has 0 aliphatic heterocycles. The number of benzene rings is 1. The number of aliphatic carboxylic acids is 1. The fourth-order valence-corrected chi connectivity index (χ4v) is 1.73. The van der Waals surface area contributed by atoms with Crippen LogP contribution in [0.3, 0.4) is 0 Å². The number of nitrogens with zero attached hydrogens (tertiary/aromatic N) is 1. The highest BCUT2D eigenvalue weighted by Gasteiger charge is 2.20. The first-order valence-electron chi connectivity index (χ1n) is 6.33. The van der Waals surface area contributed by atoms with E-state index in [0.717, 1.165) is 5.56 Å². The molecule has 0 radical (unpaired) electrons. The van der Waals surface area contributed by atoms with Crippen molar-refractivity contribution in [1.29, 1.82) is 0 Å². The number of carboxylic acids is 1. The summed E-state index contributed by atoms with van der Waals surface area (Å²) in [5.41, 5.74) is 1.00. The summed E-state index contributed by atoms with van der Waals surface area (Å²) in [4.78, 5) is 24.3. The lowest BCUT2D eigenvalue weighted by molar-refractivity contribution is -0.139. The van der Waals surface area contributed by atoms with Crippen LogP contribution in [-0.2, 0) is 11.3 Å². The summed E-state index contributed by atoms with van der Waals surface area (Å²) < 4.78 is 0. The maximum absolute atomic E-state index is 11.9. The maximum Gasteiger partial charge on any atom is 0.326 e. The molecule has 104 valence electrons. The summed E-state index contributed by atoms with van der Waals surface area (Å²) in [5.74, 6) is -0.997. The SMILES string of the molecule is CCC[C@@H](NC(=O)N(C)Cc1ccccc1)C(=O)O. The van der Waals surface area contributed by atoms with E-state index in [0.29, 0.717) is 19.4 Å². The third-order valence-electron chi connectivity index (χ3n) is 2.78. The molecule has 0 spiro atoms. The van der Waals surface area contributed by atoms with Gasteiger partial charge in [-0.1, -0.05) is 43.7 Å². The molecule has 0 fully saturated rings. The number of amides is 2. The van der Waals surface area contributed by atoms with Gasteiger partial charge in [-0.15, -0.1) is 0 Å². The Labute approximate surface area is 113 Å². The molecule has 0 unspecified atom stereocenters. The predicted molar refractivity (Wildman–Crippen MR) is 72.8 cm³/mol. The highest BCUT2D eigenvalue weighted by atomic mass is 16.4. The lowest BCUT2D eigenvalue weighted by Gasteiger charge is -2.21. The molecular formula is C14H20N2O3. The van der Waals surface area contributed by atoms with Crippen molar-refractivity contribution in [3.05, 3.63) is 35.9 Å². The summed E-state index contributed by atoms with van der Waals surface area (Å²) >= 11 is 0. The molecule has 0 aliphatic rings. The molecule has 1 aromatic rings. The second kappa shape index (κ2) is 7.41. The van der Waals surface area contributed by atoms with Gasteiger partial charge in [-0.05, 0) is 12.0 Å². The first-order chi connectivity index (χ1) is 9.04. The Hall–Kier alpha value is -2.04. The van der Waals surface area contributed by atoms with Crippen LogP contribution in [0.15, 0.2) is 30.3 Å². The van der Waals surface area contributed by atoms with Crippen molar-refractivity contribution in [1.82, 2.24) is 10.2 Å². The average Bonchev–Trinajstić information content (AvgIpc) is 2.39. The molecule has 1 rings (SSSR count). The van der Waals surface area contributed by atoms with Gasteiger partial charge in [-0.25, -0.2) is 9.59 Å². The monoisotopic (exact) mass is 264 g/mol. The Morgan fingerprint density at radius 2 is 1.95 bits per heavy atom. The molecule has 5 heteroatoms. The Morgan fingerprint density at radius 3 is 2.47 bits per heavy atom. The zero-order valence-corrected chi connectivity index (χ0v) is 11.3. The Bertz CT molecular complexity index is 420. The van der Waals surface area contributed by atoms with E-state index in [1.165, 1.54) is 4.90 Å². The molecule has 19 heavy (non-hydrogen) atoms. The molecule has 2 amide bonds. The van der Waals surface area contributed by atoms with Crippen molar-refractivity contribution < 1.29 is 14.7 Å². The van der Waals surface area contributed by atoms with Crippen molar-refractivity contribution in [3.63, 3.8) is 0 Å². The van der Waals surface area contributed by atoms with Gasteiger partial charge in [-0.3, -0.25) is 0 Å². The van der Waals surface area contributed by atoms with Crippen molar-refractivity contribution in [2.45, 2.75) is 32.4 Å². The summed E-state index contributed by atoms with van der Waals surface area (Å²) in [7, 11) is 1.65. The molecule has 0 bridgehead atoms. The number of hydrogen-bond donors (Lipinski definition) is 2. The molecule has 1 atom stereocenters. The normalized spacial score (nSPS) is 11.7. The number of hydrogen-bond acceptors (Lipinski definition) is 2. The first-order valence-corrected chi connectivity index (χ1v) is 6.33. The smallest absolute Gasteiger partial charge is 0.326 e. The lowest BCUT2D eigenvalue weighted by Crippen LogP contribution is -2.46. The van der Waals surface area contributed by atoms with Crippen molar-refractivity contribution in [2.75, 3.05) is 7.05 Å². The van der Waals surface area contributed by atoms with E-state index in [9.17, 15) is 9.59 Å². The van der Waals surface area contributed by atoms with Gasteiger partial charge in [0.1, 0.15) is 6.04 Å². The van der Waals surface area contributed by atoms with Crippen LogP contribution < -0.4 is 5.32 Å². The lowest BCUT2D eigenvalue weighted by atomic mass is 10.2. The van der Waals surface area contributed by atoms with Crippen LogP contribution in [0.5, 0.6) is 0 Å². The van der Waals surface area contributed by atoms with E-state index in [4.69, 9.17) is 5.11 Å². The Balaban J connectivity index is 2.54. The van der Waals surface area contributed by atoms with E-state index in [2.05, 4.69) is 5.32 Å². The minimum Gasteiger partial charge on any atom is -0.480 e. The molecule has 2 N–H and O–H groups in total. The second-order valence-electron chi connectivity index (χ2n) is 4.47. The van der Waals surface area contributed by atoms with Crippen LogP contribution in [0.2, 0.25) is 0 Å². The zero-order valence-electron chi connectivity index (χ0n) is 11.3. The van der Waals surface area contributed by atoms with E-state index in [1.54, 1.807) is 7.05 Å². The maximum atomic E-state index is 11.9. The summed E-state index contributed by atoms with van der Waals surface area (Å²) in [6, 6.07) is 8.36. The molecule has 0 aromatic heterocycles. The molecule has 0 saturated carbocycles. The molecule has 5 nitrogen and oxygen atoms in total. The van der Waals surface area contributed by atoms with Gasteiger partial charge >= 0.3 is 12.0 Å². The minimum absolute atomic E-state index is 0.371. The highest BCUT2D eigenvalue weighted by molar-refractivity contribution is 5.82. The molecule has 1 aromatic carbocycles. The minimum atomic E-state index is -0.997. The zero-order chi connectivity index (χ0) is 14.3. The number of carbonyl (C=O) groups is 2. The van der Waals surface area contributed by atoms with Gasteiger partial charge in [-0.2, -0.15) is 0 Å². The van der Waals surface area contributed by atoms with Gasteiger partial charge in [0, 0.05) is 13.6 Å².